The van der Waals surface area contributed by atoms with Gasteiger partial charge in [-0.05, 0) is 57.8 Å². The summed E-state index contributed by atoms with van der Waals surface area (Å²) in [6.45, 7) is 4.32. The van der Waals surface area contributed by atoms with Gasteiger partial charge in [0.2, 0.25) is 0 Å². The van der Waals surface area contributed by atoms with E-state index in [0.717, 1.165) is 64.2 Å². The normalized spacial score (nSPS) is 14.1. The van der Waals surface area contributed by atoms with Crippen LogP contribution >= 0.6 is 0 Å². The van der Waals surface area contributed by atoms with E-state index in [0.29, 0.717) is 12.8 Å². The lowest BCUT2D eigenvalue weighted by atomic mass is 10.1. The number of likely N-dealkylation sites (N-methyl/N-ethyl adjacent to an activating group) is 1. The van der Waals surface area contributed by atoms with Gasteiger partial charge in [0.25, 0.3) is 0 Å². The Morgan fingerprint density at radius 1 is 0.544 bits per heavy atom. The van der Waals surface area contributed by atoms with Gasteiger partial charge in [-0.3, -0.25) is 9.59 Å². The molecule has 57 heavy (non-hydrogen) atoms. The van der Waals surface area contributed by atoms with E-state index in [9.17, 15) is 19.5 Å². The van der Waals surface area contributed by atoms with Crippen LogP contribution in [-0.4, -0.2) is 75.5 Å². The maximum Gasteiger partial charge on any atom is 0.306 e. The predicted octanol–water partition coefficient (Wildman–Crippen LogP) is 10.4. The van der Waals surface area contributed by atoms with E-state index in [1.807, 2.05) is 72.9 Å². The highest BCUT2D eigenvalue weighted by Crippen LogP contribution is 2.12. The fourth-order valence-corrected chi connectivity index (χ4v) is 5.56. The number of rotatable bonds is 36. The Morgan fingerprint density at radius 3 is 1.58 bits per heavy atom. The number of quaternary nitrogens is 1. The van der Waals surface area contributed by atoms with E-state index >= 15 is 0 Å². The third kappa shape index (κ3) is 37.3. The van der Waals surface area contributed by atoms with Gasteiger partial charge in [0, 0.05) is 19.3 Å². The van der Waals surface area contributed by atoms with Gasteiger partial charge >= 0.3 is 11.9 Å². The molecule has 0 aromatic carbocycles. The van der Waals surface area contributed by atoms with Crippen molar-refractivity contribution >= 4 is 17.9 Å². The smallest absolute Gasteiger partial charge is 0.306 e. The molecule has 0 aromatic rings. The van der Waals surface area contributed by atoms with Crippen molar-refractivity contribution in [1.29, 1.82) is 0 Å². The molecule has 0 saturated heterocycles. The molecular formula is C49H77NO7. The van der Waals surface area contributed by atoms with Crippen molar-refractivity contribution < 1.29 is 38.2 Å². The van der Waals surface area contributed by atoms with Crippen molar-refractivity contribution in [3.05, 3.63) is 109 Å². The quantitative estimate of drug-likeness (QED) is 0.0205. The van der Waals surface area contributed by atoms with Gasteiger partial charge in [0.15, 0.2) is 6.10 Å². The minimum atomic E-state index is -1.14. The molecule has 0 aliphatic heterocycles. The zero-order chi connectivity index (χ0) is 42.1. The van der Waals surface area contributed by atoms with Gasteiger partial charge in [-0.25, -0.2) is 0 Å². The van der Waals surface area contributed by atoms with Crippen molar-refractivity contribution in [2.75, 3.05) is 41.0 Å². The molecule has 2 atom stereocenters. The van der Waals surface area contributed by atoms with Gasteiger partial charge < -0.3 is 28.6 Å². The van der Waals surface area contributed by atoms with Crippen molar-refractivity contribution in [1.82, 2.24) is 0 Å². The summed E-state index contributed by atoms with van der Waals surface area (Å²) in [4.78, 5) is 36.8. The van der Waals surface area contributed by atoms with Gasteiger partial charge in [0.1, 0.15) is 12.6 Å². The summed E-state index contributed by atoms with van der Waals surface area (Å²) in [5.74, 6) is -1.82. The summed E-state index contributed by atoms with van der Waals surface area (Å²) in [6.07, 6.45) is 52.5. The molecule has 0 bridgehead atoms. The number of hydrogen-bond donors (Lipinski definition) is 0. The zero-order valence-corrected chi connectivity index (χ0v) is 36.2. The molecule has 0 radical (unpaired) electrons. The summed E-state index contributed by atoms with van der Waals surface area (Å²) < 4.78 is 17.1. The van der Waals surface area contributed by atoms with Crippen LogP contribution in [0.5, 0.6) is 0 Å². The zero-order valence-electron chi connectivity index (χ0n) is 36.2. The molecule has 0 aliphatic carbocycles. The van der Waals surface area contributed by atoms with Gasteiger partial charge in [-0.2, -0.15) is 0 Å². The standard InChI is InChI=1S/C49H77NO7/c1-6-8-10-12-14-16-18-20-22-23-24-25-26-28-30-32-34-36-38-40-48(52)57-45(43-55-42-41-46(49(53)54)50(3,4)5)44-56-47(51)39-37-35-33-31-29-27-21-19-17-15-13-11-9-7-2/h8-12,14-18,20,22-26,28,30,45-46H,6-7,13,19,21,27,29,31-44H2,1-5H3/b10-8+,11-9+,14-12+,17-15+,18-16+,22-20+,24-23+,26-25+,30-28+. The molecule has 0 aliphatic rings. The van der Waals surface area contributed by atoms with E-state index in [4.69, 9.17) is 14.2 Å². The largest absolute Gasteiger partial charge is 0.544 e. The molecular weight excluding hydrogens is 715 g/mol. The van der Waals surface area contributed by atoms with Crippen LogP contribution in [0.25, 0.3) is 0 Å². The molecule has 8 nitrogen and oxygen atoms in total. The van der Waals surface area contributed by atoms with Crippen LogP contribution in [-0.2, 0) is 28.6 Å². The fraction of sp³-hybridized carbons (Fsp3) is 0.571. The van der Waals surface area contributed by atoms with Crippen LogP contribution in [0.3, 0.4) is 0 Å². The van der Waals surface area contributed by atoms with Gasteiger partial charge in [-0.15, -0.1) is 0 Å². The number of carbonyl (C=O) groups excluding carboxylic acids is 3. The highest BCUT2D eigenvalue weighted by molar-refractivity contribution is 5.70. The number of unbranched alkanes of at least 4 members (excludes halogenated alkanes) is 10. The summed E-state index contributed by atoms with van der Waals surface area (Å²) in [7, 11) is 5.37. The second kappa shape index (κ2) is 38.8. The summed E-state index contributed by atoms with van der Waals surface area (Å²) in [5, 5.41) is 11.6. The lowest BCUT2D eigenvalue weighted by molar-refractivity contribution is -0.889. The number of esters is 2. The number of aliphatic carboxylic acids is 1. The first-order chi connectivity index (χ1) is 27.6. The van der Waals surface area contributed by atoms with E-state index in [-0.39, 0.29) is 49.1 Å². The van der Waals surface area contributed by atoms with E-state index in [1.54, 1.807) is 21.1 Å². The molecule has 0 fully saturated rings. The van der Waals surface area contributed by atoms with E-state index < -0.39 is 18.1 Å². The number of ether oxygens (including phenoxy) is 3. The number of carbonyl (C=O) groups is 3. The minimum absolute atomic E-state index is 0.0112. The number of allylic oxidation sites excluding steroid dienone is 18. The van der Waals surface area contributed by atoms with Crippen molar-refractivity contribution in [2.45, 2.75) is 142 Å². The third-order valence-corrected chi connectivity index (χ3v) is 8.85. The number of carboxylic acid groups (broad SMARTS) is 1. The maximum atomic E-state index is 12.7. The molecule has 0 saturated carbocycles. The van der Waals surface area contributed by atoms with Crippen molar-refractivity contribution in [3.63, 3.8) is 0 Å². The summed E-state index contributed by atoms with van der Waals surface area (Å²) in [5.41, 5.74) is 0. The Bertz CT molecular complexity index is 1290. The Balaban J connectivity index is 4.52. The van der Waals surface area contributed by atoms with Crippen LogP contribution in [0.4, 0.5) is 0 Å². The average molecular weight is 792 g/mol. The predicted molar refractivity (Wildman–Crippen MR) is 235 cm³/mol. The Hall–Kier alpha value is -4.01. The number of hydrogen-bond acceptors (Lipinski definition) is 7. The minimum Gasteiger partial charge on any atom is -0.544 e. The first-order valence-corrected chi connectivity index (χ1v) is 21.5. The number of carboxylic acids is 1. The SMILES string of the molecule is CC/C=C/C=C/C=C/C=C/C=C/C=C/C=C/CCCCCC(=O)OC(COCCC(C(=O)[O-])[N+](C)(C)C)COC(=O)CCCCCCCCC/C=C/C/C=C/CC. The third-order valence-electron chi connectivity index (χ3n) is 8.85. The van der Waals surface area contributed by atoms with Gasteiger partial charge in [0.05, 0.1) is 40.3 Å². The monoisotopic (exact) mass is 792 g/mol. The summed E-state index contributed by atoms with van der Waals surface area (Å²) >= 11 is 0. The highest BCUT2D eigenvalue weighted by Gasteiger charge is 2.25. The Morgan fingerprint density at radius 2 is 1.02 bits per heavy atom. The fourth-order valence-electron chi connectivity index (χ4n) is 5.56. The molecule has 0 N–H and O–H groups in total. The van der Waals surface area contributed by atoms with Crippen LogP contribution in [0.1, 0.15) is 129 Å². The van der Waals surface area contributed by atoms with Crippen molar-refractivity contribution in [3.8, 4) is 0 Å². The van der Waals surface area contributed by atoms with Gasteiger partial charge in [-0.1, -0.05) is 162 Å². The first-order valence-electron chi connectivity index (χ1n) is 21.5. The average Bonchev–Trinajstić information content (AvgIpc) is 3.17. The Kier molecular flexibility index (Phi) is 36.1. The van der Waals surface area contributed by atoms with Crippen molar-refractivity contribution in [2.24, 2.45) is 0 Å². The maximum absolute atomic E-state index is 12.7. The second-order valence-corrected chi connectivity index (χ2v) is 15.0. The molecule has 0 aromatic heterocycles. The number of nitrogens with zero attached hydrogens (tertiary/aromatic N) is 1. The topological polar surface area (TPSA) is 102 Å². The highest BCUT2D eigenvalue weighted by atomic mass is 16.6. The van der Waals surface area contributed by atoms with E-state index in [2.05, 4.69) is 50.3 Å². The van der Waals surface area contributed by atoms with Crippen LogP contribution < -0.4 is 5.11 Å². The lowest BCUT2D eigenvalue weighted by Crippen LogP contribution is -2.55. The van der Waals surface area contributed by atoms with Crippen LogP contribution in [0.15, 0.2) is 109 Å². The van der Waals surface area contributed by atoms with Crippen LogP contribution in [0, 0.1) is 0 Å². The Labute approximate surface area is 347 Å². The summed E-state index contributed by atoms with van der Waals surface area (Å²) in [6, 6.07) is -0.743. The van der Waals surface area contributed by atoms with Crippen LogP contribution in [0.2, 0.25) is 0 Å². The molecule has 0 spiro atoms. The molecule has 320 valence electrons. The molecule has 8 heteroatoms. The molecule has 2 unspecified atom stereocenters. The first kappa shape index (κ1) is 53.0. The molecule has 0 amide bonds. The molecule has 0 rings (SSSR count). The second-order valence-electron chi connectivity index (χ2n) is 15.0. The molecule has 0 heterocycles. The lowest BCUT2D eigenvalue weighted by Gasteiger charge is -2.34. The van der Waals surface area contributed by atoms with E-state index in [1.165, 1.54) is 25.7 Å².